The first-order valence-electron chi connectivity index (χ1n) is 13.2. The smallest absolute Gasteiger partial charge is 0.409 e. The van der Waals surface area contributed by atoms with Crippen LogP contribution in [0, 0.1) is 5.92 Å². The van der Waals surface area contributed by atoms with Gasteiger partial charge in [0.25, 0.3) is 0 Å². The fourth-order valence-corrected chi connectivity index (χ4v) is 5.73. The largest absolute Gasteiger partial charge is 0.415 e. The summed E-state index contributed by atoms with van der Waals surface area (Å²) in [6, 6.07) is 14.5. The molecule has 2 aromatic carbocycles. The highest BCUT2D eigenvalue weighted by molar-refractivity contribution is 6.32. The van der Waals surface area contributed by atoms with Gasteiger partial charge in [0.2, 0.25) is 5.91 Å². The van der Waals surface area contributed by atoms with E-state index in [0.29, 0.717) is 24.7 Å². The van der Waals surface area contributed by atoms with Crippen molar-refractivity contribution in [2.24, 2.45) is 11.7 Å². The lowest BCUT2D eigenvalue weighted by atomic mass is 9.94. The Morgan fingerprint density at radius 3 is 2.68 bits per heavy atom. The molecule has 2 fully saturated rings. The highest BCUT2D eigenvalue weighted by Gasteiger charge is 2.41. The molecule has 1 aromatic heterocycles. The zero-order valence-electron chi connectivity index (χ0n) is 21.6. The van der Waals surface area contributed by atoms with Crippen molar-refractivity contribution in [2.45, 2.75) is 37.8 Å². The molecule has 2 aliphatic rings. The molecule has 202 valence electrons. The lowest BCUT2D eigenvalue weighted by Crippen LogP contribution is -2.47. The van der Waals surface area contributed by atoms with Crippen LogP contribution in [0.25, 0.3) is 11.0 Å². The van der Waals surface area contributed by atoms with E-state index in [2.05, 4.69) is 10.6 Å². The van der Waals surface area contributed by atoms with E-state index in [1.165, 1.54) is 4.90 Å². The van der Waals surface area contributed by atoms with Crippen LogP contribution in [0.4, 0.5) is 4.79 Å². The average Bonchev–Trinajstić information content (AvgIpc) is 3.50. The number of nitrogens with two attached hydrogens (primary N) is 1. The van der Waals surface area contributed by atoms with Crippen molar-refractivity contribution < 1.29 is 19.1 Å². The summed E-state index contributed by atoms with van der Waals surface area (Å²) >= 11 is 6.13. The van der Waals surface area contributed by atoms with Crippen LogP contribution < -0.4 is 10.5 Å². The molecule has 0 aliphatic carbocycles. The van der Waals surface area contributed by atoms with Crippen molar-refractivity contribution in [2.75, 3.05) is 39.9 Å². The topological polar surface area (TPSA) is 103 Å². The number of imidazole rings is 1. The van der Waals surface area contributed by atoms with Crippen molar-refractivity contribution in [3.05, 3.63) is 59.4 Å². The van der Waals surface area contributed by atoms with Gasteiger partial charge in [-0.2, -0.15) is 0 Å². The zero-order valence-corrected chi connectivity index (χ0v) is 22.3. The Balaban J connectivity index is 1.27. The third-order valence-electron chi connectivity index (χ3n) is 7.49. The quantitative estimate of drug-likeness (QED) is 0.457. The van der Waals surface area contributed by atoms with Gasteiger partial charge >= 0.3 is 6.09 Å². The number of hydrogen-bond donors (Lipinski definition) is 1. The summed E-state index contributed by atoms with van der Waals surface area (Å²) < 4.78 is 13.0. The normalized spacial score (nSPS) is 21.7. The van der Waals surface area contributed by atoms with E-state index >= 15 is 0 Å². The maximum absolute atomic E-state index is 13.6. The van der Waals surface area contributed by atoms with Gasteiger partial charge in [0.15, 0.2) is 5.75 Å². The van der Waals surface area contributed by atoms with E-state index in [4.69, 9.17) is 31.8 Å². The zero-order chi connectivity index (χ0) is 26.6. The number of aryl methyl sites for hydroxylation is 1. The molecule has 3 heterocycles. The van der Waals surface area contributed by atoms with Gasteiger partial charge in [-0.25, -0.2) is 9.78 Å². The summed E-state index contributed by atoms with van der Waals surface area (Å²) in [4.78, 5) is 34.8. The van der Waals surface area contributed by atoms with E-state index in [9.17, 15) is 9.59 Å². The second kappa shape index (κ2) is 11.7. The molecular formula is C28H34ClN5O4. The number of fused-ring (bicyclic) bond motifs is 1. The summed E-state index contributed by atoms with van der Waals surface area (Å²) in [5, 5.41) is 0.351. The SMILES string of the molecule is COCCCn1c(C2CCCN(C(=O)[C@@H]3CN(C(=O)Oc4ccccc4Cl)C[C@H]3N)C2)nc2ccccc21. The van der Waals surface area contributed by atoms with Crippen LogP contribution in [-0.2, 0) is 16.1 Å². The Morgan fingerprint density at radius 2 is 1.87 bits per heavy atom. The number of benzene rings is 2. The minimum atomic E-state index is -0.551. The number of halogens is 1. The van der Waals surface area contributed by atoms with Crippen molar-refractivity contribution in [3.63, 3.8) is 0 Å². The summed E-state index contributed by atoms with van der Waals surface area (Å²) in [5.74, 6) is 0.933. The molecule has 1 unspecified atom stereocenters. The number of methoxy groups -OCH3 is 1. The van der Waals surface area contributed by atoms with Crippen molar-refractivity contribution in [3.8, 4) is 5.75 Å². The first kappa shape index (κ1) is 26.5. The van der Waals surface area contributed by atoms with Gasteiger partial charge in [-0.3, -0.25) is 4.79 Å². The standard InChI is InChI=1S/C28H34ClN5O4/c1-37-15-7-14-34-24-11-4-3-10-23(24)31-26(34)19-8-6-13-32(16-19)27(35)20-17-33(18-22(20)30)28(36)38-25-12-5-2-9-21(25)29/h2-5,9-12,19-20,22H,6-8,13-18,30H2,1H3/t19?,20-,22-/m1/s1. The van der Waals surface area contributed by atoms with Gasteiger partial charge in [-0.1, -0.05) is 35.9 Å². The van der Waals surface area contributed by atoms with Gasteiger partial charge < -0.3 is 29.6 Å². The molecular weight excluding hydrogens is 506 g/mol. The number of hydrogen-bond acceptors (Lipinski definition) is 6. The summed E-state index contributed by atoms with van der Waals surface area (Å²) in [5.41, 5.74) is 8.45. The molecule has 2 N–H and O–H groups in total. The molecule has 2 saturated heterocycles. The molecule has 0 radical (unpaired) electrons. The van der Waals surface area contributed by atoms with Crippen molar-refractivity contribution in [1.82, 2.24) is 19.4 Å². The molecule has 0 bridgehead atoms. The summed E-state index contributed by atoms with van der Waals surface area (Å²) in [6.07, 6.45) is 2.18. The van der Waals surface area contributed by atoms with Crippen molar-refractivity contribution in [1.29, 1.82) is 0 Å². The van der Waals surface area contributed by atoms with E-state index < -0.39 is 18.1 Å². The Kier molecular flexibility index (Phi) is 8.16. The number of ether oxygens (including phenoxy) is 2. The molecule has 5 rings (SSSR count). The number of amides is 2. The third-order valence-corrected chi connectivity index (χ3v) is 7.80. The van der Waals surface area contributed by atoms with Crippen LogP contribution in [-0.4, -0.2) is 77.3 Å². The lowest BCUT2D eigenvalue weighted by Gasteiger charge is -2.34. The number of para-hydroxylation sites is 3. The predicted octanol–water partition coefficient (Wildman–Crippen LogP) is 3.89. The van der Waals surface area contributed by atoms with Crippen LogP contribution >= 0.6 is 11.6 Å². The maximum Gasteiger partial charge on any atom is 0.415 e. The van der Waals surface area contributed by atoms with Gasteiger partial charge in [0, 0.05) is 58.4 Å². The number of carbonyl (C=O) groups excluding carboxylic acids is 2. The Hall–Kier alpha value is -3.14. The van der Waals surface area contributed by atoms with Crippen molar-refractivity contribution >= 4 is 34.6 Å². The van der Waals surface area contributed by atoms with Gasteiger partial charge in [0.05, 0.1) is 22.0 Å². The fourth-order valence-electron chi connectivity index (χ4n) is 5.56. The maximum atomic E-state index is 13.6. The summed E-state index contributed by atoms with van der Waals surface area (Å²) in [7, 11) is 1.71. The molecule has 9 nitrogen and oxygen atoms in total. The van der Waals surface area contributed by atoms with Gasteiger partial charge in [0.1, 0.15) is 5.82 Å². The Morgan fingerprint density at radius 1 is 1.08 bits per heavy atom. The van der Waals surface area contributed by atoms with E-state index in [0.717, 1.165) is 42.7 Å². The third kappa shape index (κ3) is 5.50. The van der Waals surface area contributed by atoms with Gasteiger partial charge in [-0.15, -0.1) is 0 Å². The van der Waals surface area contributed by atoms with Crippen LogP contribution in [0.1, 0.15) is 31.0 Å². The number of piperidine rings is 1. The second-order valence-corrected chi connectivity index (χ2v) is 10.5. The second-order valence-electron chi connectivity index (χ2n) is 10.1. The Labute approximate surface area is 227 Å². The Bertz CT molecular complexity index is 1300. The number of likely N-dealkylation sites (tertiary alicyclic amines) is 2. The van der Waals surface area contributed by atoms with Crippen LogP contribution in [0.2, 0.25) is 5.02 Å². The minimum Gasteiger partial charge on any atom is -0.409 e. The van der Waals surface area contributed by atoms with Crippen LogP contribution in [0.5, 0.6) is 5.75 Å². The van der Waals surface area contributed by atoms with E-state index in [-0.39, 0.29) is 30.7 Å². The van der Waals surface area contributed by atoms with Gasteiger partial charge in [-0.05, 0) is 43.5 Å². The highest BCUT2D eigenvalue weighted by Crippen LogP contribution is 2.32. The molecule has 3 aromatic rings. The molecule has 10 heteroatoms. The number of nitrogens with zero attached hydrogens (tertiary/aromatic N) is 4. The van der Waals surface area contributed by atoms with Crippen LogP contribution in [0.3, 0.4) is 0 Å². The first-order valence-corrected chi connectivity index (χ1v) is 13.5. The molecule has 38 heavy (non-hydrogen) atoms. The van der Waals surface area contributed by atoms with E-state index in [1.54, 1.807) is 31.4 Å². The lowest BCUT2D eigenvalue weighted by molar-refractivity contribution is -0.136. The predicted molar refractivity (Wildman–Crippen MR) is 145 cm³/mol. The number of aromatic nitrogens is 2. The number of carbonyl (C=O) groups is 2. The molecule has 2 amide bonds. The molecule has 0 spiro atoms. The highest BCUT2D eigenvalue weighted by atomic mass is 35.5. The molecule has 2 aliphatic heterocycles. The van der Waals surface area contributed by atoms with E-state index in [1.807, 2.05) is 23.1 Å². The fraction of sp³-hybridized carbons (Fsp3) is 0.464. The monoisotopic (exact) mass is 539 g/mol. The molecule has 3 atom stereocenters. The first-order chi connectivity index (χ1) is 18.5. The van der Waals surface area contributed by atoms with Crippen LogP contribution in [0.15, 0.2) is 48.5 Å². The average molecular weight is 540 g/mol. The minimum absolute atomic E-state index is 0.0164. The summed E-state index contributed by atoms with van der Waals surface area (Å²) in [6.45, 7) is 3.22. The number of rotatable bonds is 7. The molecule has 0 saturated carbocycles.